The number of rotatable bonds is 7. The van der Waals surface area contributed by atoms with Gasteiger partial charge in [0.2, 0.25) is 0 Å². The van der Waals surface area contributed by atoms with Crippen molar-refractivity contribution in [2.45, 2.75) is 32.8 Å². The number of ether oxygens (including phenoxy) is 2. The molecule has 13 heteroatoms. The number of carboxylic acid groups (broad SMARTS) is 2. The smallest absolute Gasteiger partial charge is 0.337 e. The van der Waals surface area contributed by atoms with E-state index in [2.05, 4.69) is 5.32 Å². The van der Waals surface area contributed by atoms with Crippen LogP contribution < -0.4 is 5.32 Å². The molecule has 36 heavy (non-hydrogen) atoms. The molecular formula is C23H23N3O10. The van der Waals surface area contributed by atoms with E-state index in [9.17, 15) is 34.6 Å². The molecule has 1 heterocycles. The lowest BCUT2D eigenvalue weighted by atomic mass is 9.80. The van der Waals surface area contributed by atoms with E-state index < -0.39 is 40.8 Å². The van der Waals surface area contributed by atoms with E-state index in [4.69, 9.17) is 19.7 Å². The number of carboxylic acids is 2. The number of hydrogen-bond acceptors (Lipinski definition) is 10. The van der Waals surface area contributed by atoms with Gasteiger partial charge in [-0.15, -0.1) is 0 Å². The second-order valence-corrected chi connectivity index (χ2v) is 7.30. The number of nitrogens with zero attached hydrogens (tertiary/aromatic N) is 2. The van der Waals surface area contributed by atoms with Crippen LogP contribution in [0, 0.1) is 21.4 Å². The highest BCUT2D eigenvalue weighted by molar-refractivity contribution is 6.00. The van der Waals surface area contributed by atoms with Crippen molar-refractivity contribution < 1.29 is 43.8 Å². The lowest BCUT2D eigenvalue weighted by Gasteiger charge is -2.29. The van der Waals surface area contributed by atoms with Crippen molar-refractivity contribution in [2.24, 2.45) is 0 Å². The largest absolute Gasteiger partial charge is 0.478 e. The average molecular weight is 501 g/mol. The Morgan fingerprint density at radius 2 is 1.72 bits per heavy atom. The van der Waals surface area contributed by atoms with Gasteiger partial charge in [0.25, 0.3) is 5.69 Å². The molecule has 3 N–H and O–H groups in total. The zero-order chi connectivity index (χ0) is 27.6. The number of carbonyl (C=O) groups excluding carboxylic acids is 2. The van der Waals surface area contributed by atoms with Crippen LogP contribution in [0.3, 0.4) is 0 Å². The number of hydrogen-bond donors (Lipinski definition) is 3. The molecule has 1 aliphatic heterocycles. The van der Waals surface area contributed by atoms with E-state index in [1.807, 2.05) is 6.07 Å². The number of carbonyl (C=O) groups is 4. The molecule has 1 unspecified atom stereocenters. The number of dihydropyridines is 1. The SMILES string of the molecule is COC(=O)C1=C(C#N)NC(C)=C(C(=O)OC(C)C)C1c1cccc([N+](=O)[O-])c1.O=C(O)/C=C\C(=O)O. The summed E-state index contributed by atoms with van der Waals surface area (Å²) >= 11 is 0. The first-order valence-electron chi connectivity index (χ1n) is 10.1. The molecule has 190 valence electrons. The molecule has 0 spiro atoms. The second-order valence-electron chi connectivity index (χ2n) is 7.30. The molecule has 0 saturated carbocycles. The zero-order valence-corrected chi connectivity index (χ0v) is 19.7. The summed E-state index contributed by atoms with van der Waals surface area (Å²) < 4.78 is 10.1. The summed E-state index contributed by atoms with van der Waals surface area (Å²) in [6, 6.07) is 7.41. The van der Waals surface area contributed by atoms with Gasteiger partial charge < -0.3 is 25.0 Å². The maximum absolute atomic E-state index is 12.8. The molecular weight excluding hydrogens is 478 g/mol. The van der Waals surface area contributed by atoms with Gasteiger partial charge in [0.05, 0.1) is 35.2 Å². The third-order valence-electron chi connectivity index (χ3n) is 4.43. The summed E-state index contributed by atoms with van der Waals surface area (Å²) in [5.74, 6) is -5.10. The average Bonchev–Trinajstić information content (AvgIpc) is 2.81. The van der Waals surface area contributed by atoms with Gasteiger partial charge in [-0.2, -0.15) is 5.26 Å². The topological polar surface area (TPSA) is 206 Å². The molecule has 0 bridgehead atoms. The Kier molecular flexibility index (Phi) is 10.5. The van der Waals surface area contributed by atoms with E-state index in [1.165, 1.54) is 24.3 Å². The first-order chi connectivity index (χ1) is 16.8. The second kappa shape index (κ2) is 13.0. The van der Waals surface area contributed by atoms with E-state index in [0.29, 0.717) is 23.4 Å². The predicted octanol–water partition coefficient (Wildman–Crippen LogP) is 2.17. The summed E-state index contributed by atoms with van der Waals surface area (Å²) in [4.78, 5) is 54.9. The summed E-state index contributed by atoms with van der Waals surface area (Å²) in [6.45, 7) is 4.90. The third kappa shape index (κ3) is 7.80. The highest BCUT2D eigenvalue weighted by Crippen LogP contribution is 2.40. The highest BCUT2D eigenvalue weighted by atomic mass is 16.6. The van der Waals surface area contributed by atoms with Crippen molar-refractivity contribution >= 4 is 29.6 Å². The van der Waals surface area contributed by atoms with Crippen LogP contribution in [0.2, 0.25) is 0 Å². The summed E-state index contributed by atoms with van der Waals surface area (Å²) in [5.41, 5.74) is 0.251. The van der Waals surface area contributed by atoms with Crippen LogP contribution in [0.25, 0.3) is 0 Å². The number of nitro benzene ring substituents is 1. The maximum Gasteiger partial charge on any atom is 0.337 e. The molecule has 1 aliphatic rings. The van der Waals surface area contributed by atoms with E-state index in [0.717, 1.165) is 7.11 Å². The summed E-state index contributed by atoms with van der Waals surface area (Å²) in [6.07, 6.45) is 0.687. The number of aliphatic carboxylic acids is 2. The van der Waals surface area contributed by atoms with Crippen molar-refractivity contribution in [2.75, 3.05) is 7.11 Å². The molecule has 0 saturated heterocycles. The minimum Gasteiger partial charge on any atom is -0.478 e. The first kappa shape index (κ1) is 29.0. The van der Waals surface area contributed by atoms with Crippen LogP contribution in [0.15, 0.2) is 59.0 Å². The highest BCUT2D eigenvalue weighted by Gasteiger charge is 2.39. The molecule has 0 aromatic heterocycles. The van der Waals surface area contributed by atoms with Gasteiger partial charge in [-0.05, 0) is 26.3 Å². The van der Waals surface area contributed by atoms with Gasteiger partial charge in [-0.25, -0.2) is 19.2 Å². The molecule has 1 aromatic rings. The van der Waals surface area contributed by atoms with Crippen LogP contribution in [0.5, 0.6) is 0 Å². The van der Waals surface area contributed by atoms with Crippen LogP contribution >= 0.6 is 0 Å². The van der Waals surface area contributed by atoms with Crippen LogP contribution in [-0.2, 0) is 28.7 Å². The number of benzene rings is 1. The molecule has 0 amide bonds. The number of nitrogens with one attached hydrogen (secondary N) is 1. The quantitative estimate of drug-likeness (QED) is 0.213. The number of nitriles is 1. The van der Waals surface area contributed by atoms with E-state index >= 15 is 0 Å². The Balaban J connectivity index is 0.000000697. The predicted molar refractivity (Wildman–Crippen MR) is 122 cm³/mol. The van der Waals surface area contributed by atoms with Gasteiger partial charge in [-0.3, -0.25) is 10.1 Å². The van der Waals surface area contributed by atoms with Crippen molar-refractivity contribution in [3.63, 3.8) is 0 Å². The van der Waals surface area contributed by atoms with Crippen molar-refractivity contribution in [1.29, 1.82) is 5.26 Å². The minimum absolute atomic E-state index is 0.0774. The number of methoxy groups -OCH3 is 1. The van der Waals surface area contributed by atoms with Crippen LogP contribution in [-0.4, -0.2) is 52.2 Å². The van der Waals surface area contributed by atoms with Crippen molar-refractivity contribution in [1.82, 2.24) is 5.32 Å². The maximum atomic E-state index is 12.8. The van der Waals surface area contributed by atoms with E-state index in [1.54, 1.807) is 20.8 Å². The molecule has 0 radical (unpaired) electrons. The summed E-state index contributed by atoms with van der Waals surface area (Å²) in [7, 11) is 1.14. The number of nitro groups is 1. The van der Waals surface area contributed by atoms with Crippen LogP contribution in [0.1, 0.15) is 32.3 Å². The number of allylic oxidation sites excluding steroid dienone is 2. The van der Waals surface area contributed by atoms with Gasteiger partial charge in [0.15, 0.2) is 0 Å². The van der Waals surface area contributed by atoms with Gasteiger partial charge in [0.1, 0.15) is 11.8 Å². The first-order valence-corrected chi connectivity index (χ1v) is 10.1. The monoisotopic (exact) mass is 501 g/mol. The molecule has 0 aliphatic carbocycles. The fourth-order valence-electron chi connectivity index (χ4n) is 3.09. The normalized spacial score (nSPS) is 14.8. The molecule has 13 nitrogen and oxygen atoms in total. The van der Waals surface area contributed by atoms with E-state index in [-0.39, 0.29) is 22.5 Å². The Morgan fingerprint density at radius 3 is 2.17 bits per heavy atom. The molecule has 1 aromatic carbocycles. The Bertz CT molecular complexity index is 1190. The fourth-order valence-corrected chi connectivity index (χ4v) is 3.09. The zero-order valence-electron chi connectivity index (χ0n) is 19.7. The third-order valence-corrected chi connectivity index (χ3v) is 4.43. The number of non-ortho nitro benzene ring substituents is 1. The minimum atomic E-state index is -1.26. The van der Waals surface area contributed by atoms with Crippen molar-refractivity contribution in [3.8, 4) is 6.07 Å². The van der Waals surface area contributed by atoms with Crippen molar-refractivity contribution in [3.05, 3.63) is 74.6 Å². The fraction of sp³-hybridized carbons (Fsp3) is 0.261. The standard InChI is InChI=1S/C19H19N3O6.C4H4O4/c1-10(2)28-19(24)15-11(3)21-14(9-20)17(18(23)27-4)16(15)12-6-5-7-13(8-12)22(25)26;5-3(6)1-2-4(7)8/h5-8,10,16,21H,1-4H3;1-2H,(H,5,6)(H,7,8)/b;2-1-. The van der Waals surface area contributed by atoms with Gasteiger partial charge >= 0.3 is 23.9 Å². The molecule has 2 rings (SSSR count). The molecule has 1 atom stereocenters. The number of esters is 2. The lowest BCUT2D eigenvalue weighted by Crippen LogP contribution is -2.33. The Labute approximate surface area is 205 Å². The molecule has 0 fully saturated rings. The lowest BCUT2D eigenvalue weighted by molar-refractivity contribution is -0.384. The van der Waals surface area contributed by atoms with Crippen LogP contribution in [0.4, 0.5) is 5.69 Å². The Morgan fingerprint density at radius 1 is 1.14 bits per heavy atom. The summed E-state index contributed by atoms with van der Waals surface area (Å²) in [5, 5.41) is 39.0. The Hall–Kier alpha value is -4.99. The van der Waals surface area contributed by atoms with Gasteiger partial charge in [-0.1, -0.05) is 12.1 Å². The van der Waals surface area contributed by atoms with Gasteiger partial charge in [0, 0.05) is 30.0 Å².